The smallest absolute Gasteiger partial charge is 0.225 e. The molecule has 3 fully saturated rings. The molecular formula is C18H26N4O3. The first-order valence-corrected chi connectivity index (χ1v) is 9.04. The van der Waals surface area contributed by atoms with Crippen LogP contribution < -0.4 is 0 Å². The van der Waals surface area contributed by atoms with Gasteiger partial charge in [-0.3, -0.25) is 19.6 Å². The van der Waals surface area contributed by atoms with Crippen LogP contribution in [0.25, 0.3) is 0 Å². The van der Waals surface area contributed by atoms with Gasteiger partial charge in [-0.2, -0.15) is 0 Å². The molecule has 3 aliphatic heterocycles. The van der Waals surface area contributed by atoms with E-state index in [2.05, 4.69) is 20.9 Å². The first-order valence-electron chi connectivity index (χ1n) is 9.04. The van der Waals surface area contributed by atoms with Crippen LogP contribution in [0, 0.1) is 0 Å². The van der Waals surface area contributed by atoms with Crippen LogP contribution in [-0.2, 0) is 11.3 Å². The lowest BCUT2D eigenvalue weighted by Gasteiger charge is -2.61. The second kappa shape index (κ2) is 6.64. The number of hydrogen-bond acceptors (Lipinski definition) is 6. The van der Waals surface area contributed by atoms with Gasteiger partial charge in [0.1, 0.15) is 0 Å². The van der Waals surface area contributed by atoms with Gasteiger partial charge in [-0.1, -0.05) is 6.07 Å². The van der Waals surface area contributed by atoms with E-state index in [1.807, 2.05) is 17.2 Å². The first kappa shape index (κ1) is 16.9. The number of aromatic nitrogens is 1. The number of piperazine rings is 1. The Morgan fingerprint density at radius 2 is 2.16 bits per heavy atom. The number of rotatable bonds is 4. The number of carbonyl (C=O) groups excluding carboxylic acids is 1. The summed E-state index contributed by atoms with van der Waals surface area (Å²) in [6, 6.07) is 4.39. The Kier molecular flexibility index (Phi) is 4.49. The lowest BCUT2D eigenvalue weighted by Crippen LogP contribution is -2.78. The highest BCUT2D eigenvalue weighted by atomic mass is 16.3. The van der Waals surface area contributed by atoms with Crippen molar-refractivity contribution in [2.24, 2.45) is 0 Å². The minimum atomic E-state index is -0.276. The molecule has 1 spiro atoms. The second-order valence-electron chi connectivity index (χ2n) is 7.67. The fraction of sp³-hybridized carbons (Fsp3) is 0.667. The maximum Gasteiger partial charge on any atom is 0.225 e. The largest absolute Gasteiger partial charge is 0.396 e. The maximum absolute atomic E-state index is 12.1. The summed E-state index contributed by atoms with van der Waals surface area (Å²) in [6.07, 6.45) is 4.41. The van der Waals surface area contributed by atoms with Crippen LogP contribution in [0.3, 0.4) is 0 Å². The molecule has 1 aromatic rings. The number of aliphatic hydroxyl groups is 2. The summed E-state index contributed by atoms with van der Waals surface area (Å²) in [5.74, 6) is 0.0220. The molecule has 136 valence electrons. The fourth-order valence-electron chi connectivity index (χ4n) is 4.76. The standard InChI is InChI=1S/C18H26N4O3/c23-5-3-17(25)21-12-18(13-21)11-20(8-14-2-1-4-19-7-14)9-15-6-16(24)10-22(15)18/h1-2,4,7,15-16,23-24H,3,5-6,8-13H2. The average Bonchev–Trinajstić information content (AvgIpc) is 2.93. The SMILES string of the molecule is O=C(CCO)N1CC2(CN(Cc3cccnc3)CC3CC(O)CN32)C1. The minimum Gasteiger partial charge on any atom is -0.396 e. The molecule has 2 atom stereocenters. The number of hydrogen-bond donors (Lipinski definition) is 2. The normalized spacial score (nSPS) is 28.8. The number of pyridine rings is 1. The maximum atomic E-state index is 12.1. The van der Waals surface area contributed by atoms with Crippen LogP contribution >= 0.6 is 0 Å². The molecule has 1 aromatic heterocycles. The summed E-state index contributed by atoms with van der Waals surface area (Å²) in [5.41, 5.74) is 1.13. The van der Waals surface area contributed by atoms with E-state index in [0.29, 0.717) is 25.7 Å². The van der Waals surface area contributed by atoms with Crippen molar-refractivity contribution in [3.05, 3.63) is 30.1 Å². The Labute approximate surface area is 147 Å². The van der Waals surface area contributed by atoms with Gasteiger partial charge in [0, 0.05) is 64.1 Å². The van der Waals surface area contributed by atoms with Crippen molar-refractivity contribution in [3.8, 4) is 0 Å². The Hall–Kier alpha value is -1.54. The molecule has 4 heterocycles. The molecule has 3 saturated heterocycles. The third-order valence-electron chi connectivity index (χ3n) is 5.77. The van der Waals surface area contributed by atoms with Gasteiger partial charge in [0.25, 0.3) is 0 Å². The third kappa shape index (κ3) is 3.17. The molecule has 1 amide bonds. The molecule has 7 nitrogen and oxygen atoms in total. The van der Waals surface area contributed by atoms with E-state index in [1.165, 1.54) is 5.56 Å². The lowest BCUT2D eigenvalue weighted by atomic mass is 9.83. The molecular weight excluding hydrogens is 320 g/mol. The highest BCUT2D eigenvalue weighted by Gasteiger charge is 2.56. The second-order valence-corrected chi connectivity index (χ2v) is 7.67. The van der Waals surface area contributed by atoms with E-state index in [9.17, 15) is 9.90 Å². The van der Waals surface area contributed by atoms with Crippen molar-refractivity contribution in [3.63, 3.8) is 0 Å². The highest BCUT2D eigenvalue weighted by molar-refractivity contribution is 5.77. The van der Waals surface area contributed by atoms with Gasteiger partial charge in [-0.15, -0.1) is 0 Å². The van der Waals surface area contributed by atoms with E-state index in [-0.39, 0.29) is 30.6 Å². The van der Waals surface area contributed by atoms with E-state index in [1.54, 1.807) is 6.20 Å². The lowest BCUT2D eigenvalue weighted by molar-refractivity contribution is -0.157. The van der Waals surface area contributed by atoms with E-state index < -0.39 is 0 Å². The van der Waals surface area contributed by atoms with Crippen molar-refractivity contribution in [1.29, 1.82) is 0 Å². The zero-order valence-electron chi connectivity index (χ0n) is 14.4. The van der Waals surface area contributed by atoms with Crippen molar-refractivity contribution in [2.45, 2.75) is 37.1 Å². The Morgan fingerprint density at radius 3 is 2.88 bits per heavy atom. The fourth-order valence-corrected chi connectivity index (χ4v) is 4.76. The monoisotopic (exact) mass is 346 g/mol. The molecule has 25 heavy (non-hydrogen) atoms. The van der Waals surface area contributed by atoms with Crippen LogP contribution in [0.2, 0.25) is 0 Å². The van der Waals surface area contributed by atoms with Crippen LogP contribution in [0.4, 0.5) is 0 Å². The number of likely N-dealkylation sites (tertiary alicyclic amines) is 1. The van der Waals surface area contributed by atoms with E-state index in [0.717, 1.165) is 26.1 Å². The molecule has 0 radical (unpaired) electrons. The van der Waals surface area contributed by atoms with Gasteiger partial charge in [0.15, 0.2) is 0 Å². The molecule has 0 saturated carbocycles. The quantitative estimate of drug-likeness (QED) is 0.750. The summed E-state index contributed by atoms with van der Waals surface area (Å²) in [6.45, 7) is 4.68. The molecule has 0 bridgehead atoms. The summed E-state index contributed by atoms with van der Waals surface area (Å²) < 4.78 is 0. The molecule has 0 aromatic carbocycles. The zero-order chi connectivity index (χ0) is 17.4. The number of β-amino-alcohol motifs (C(OH)–C–C–N with tert-alkyl or cyclic N) is 1. The van der Waals surface area contributed by atoms with Crippen LogP contribution in [0.5, 0.6) is 0 Å². The molecule has 7 heteroatoms. The molecule has 2 N–H and O–H groups in total. The number of carbonyl (C=O) groups is 1. The van der Waals surface area contributed by atoms with E-state index >= 15 is 0 Å². The van der Waals surface area contributed by atoms with Gasteiger partial charge in [0.05, 0.1) is 18.2 Å². The minimum absolute atomic E-state index is 0.0220. The number of amides is 1. The predicted octanol–water partition coefficient (Wildman–Crippen LogP) is -0.704. The van der Waals surface area contributed by atoms with Crippen molar-refractivity contribution >= 4 is 5.91 Å². The summed E-state index contributed by atoms with van der Waals surface area (Å²) in [7, 11) is 0. The Balaban J connectivity index is 1.48. The van der Waals surface area contributed by atoms with Gasteiger partial charge in [-0.05, 0) is 18.1 Å². The summed E-state index contributed by atoms with van der Waals surface area (Å²) in [4.78, 5) is 23.0. The topological polar surface area (TPSA) is 80.1 Å². The predicted molar refractivity (Wildman–Crippen MR) is 91.6 cm³/mol. The van der Waals surface area contributed by atoms with Gasteiger partial charge >= 0.3 is 0 Å². The number of fused-ring (bicyclic) bond motifs is 2. The van der Waals surface area contributed by atoms with Crippen molar-refractivity contribution in [2.75, 3.05) is 39.3 Å². The van der Waals surface area contributed by atoms with Gasteiger partial charge < -0.3 is 15.1 Å². The number of nitrogens with zero attached hydrogens (tertiary/aromatic N) is 4. The van der Waals surface area contributed by atoms with E-state index in [4.69, 9.17) is 5.11 Å². The molecule has 3 aliphatic rings. The van der Waals surface area contributed by atoms with Gasteiger partial charge in [-0.25, -0.2) is 0 Å². The number of aliphatic hydroxyl groups excluding tert-OH is 2. The van der Waals surface area contributed by atoms with Crippen molar-refractivity contribution in [1.82, 2.24) is 19.7 Å². The Morgan fingerprint density at radius 1 is 1.32 bits per heavy atom. The van der Waals surface area contributed by atoms with Crippen LogP contribution in [0.1, 0.15) is 18.4 Å². The molecule has 0 aliphatic carbocycles. The molecule has 4 rings (SSSR count). The zero-order valence-corrected chi connectivity index (χ0v) is 14.4. The summed E-state index contributed by atoms with van der Waals surface area (Å²) in [5, 5.41) is 19.2. The van der Waals surface area contributed by atoms with Crippen LogP contribution in [-0.4, -0.2) is 92.8 Å². The van der Waals surface area contributed by atoms with Gasteiger partial charge in [0.2, 0.25) is 5.91 Å². The Bertz CT molecular complexity index is 620. The summed E-state index contributed by atoms with van der Waals surface area (Å²) >= 11 is 0. The van der Waals surface area contributed by atoms with Crippen molar-refractivity contribution < 1.29 is 15.0 Å². The molecule has 2 unspecified atom stereocenters. The van der Waals surface area contributed by atoms with Crippen LogP contribution in [0.15, 0.2) is 24.5 Å². The third-order valence-corrected chi connectivity index (χ3v) is 5.77. The highest BCUT2D eigenvalue weighted by Crippen LogP contribution is 2.39. The first-order chi connectivity index (χ1) is 12.1. The average molecular weight is 346 g/mol.